The van der Waals surface area contributed by atoms with Crippen LogP contribution in [0.4, 0.5) is 5.82 Å². The van der Waals surface area contributed by atoms with Gasteiger partial charge < -0.3 is 10.1 Å². The molecule has 0 saturated carbocycles. The minimum atomic E-state index is -0.998. The van der Waals surface area contributed by atoms with E-state index in [4.69, 9.17) is 0 Å². The number of benzene rings is 1. The van der Waals surface area contributed by atoms with Crippen molar-refractivity contribution in [3.63, 3.8) is 0 Å². The normalized spacial score (nSPS) is 13.8. The highest BCUT2D eigenvalue weighted by Gasteiger charge is 2.35. The van der Waals surface area contributed by atoms with Gasteiger partial charge in [0.05, 0.1) is 0 Å². The number of rotatable bonds is 4. The van der Waals surface area contributed by atoms with Crippen molar-refractivity contribution in [1.82, 2.24) is 9.55 Å². The molecule has 0 fully saturated rings. The van der Waals surface area contributed by atoms with E-state index in [1.807, 2.05) is 30.3 Å². The van der Waals surface area contributed by atoms with Crippen molar-refractivity contribution in [2.24, 2.45) is 0 Å². The monoisotopic (exact) mass is 259 g/mol. The molecule has 1 unspecified atom stereocenters. The van der Waals surface area contributed by atoms with Crippen molar-refractivity contribution < 1.29 is 9.72 Å². The van der Waals surface area contributed by atoms with Crippen LogP contribution in [-0.2, 0) is 10.3 Å². The minimum Gasteiger partial charge on any atom is -0.358 e. The van der Waals surface area contributed by atoms with Crippen molar-refractivity contribution in [3.05, 3.63) is 58.5 Å². The van der Waals surface area contributed by atoms with Crippen LogP contribution in [0, 0.1) is 10.1 Å². The van der Waals surface area contributed by atoms with Crippen LogP contribution in [0.5, 0.6) is 0 Å². The molecule has 0 aliphatic carbocycles. The molecule has 19 heavy (non-hydrogen) atoms. The Bertz CT molecular complexity index is 621. The standard InChI is InChI=1S/C13H13N3O3/c1-10(17)13(2,11-6-4-3-5-7-11)15-8-12(14-9-15)16(18)19/h3-9H,1-2H3. The van der Waals surface area contributed by atoms with Gasteiger partial charge >= 0.3 is 5.82 Å². The first-order valence-corrected chi connectivity index (χ1v) is 5.71. The van der Waals surface area contributed by atoms with E-state index >= 15 is 0 Å². The van der Waals surface area contributed by atoms with Crippen LogP contribution in [0.15, 0.2) is 42.9 Å². The summed E-state index contributed by atoms with van der Waals surface area (Å²) in [5, 5.41) is 10.7. The SMILES string of the molecule is CC(=O)C(C)(c1ccccc1)n1cnc([N+](=O)[O-])c1. The molecule has 6 heteroatoms. The van der Waals surface area contributed by atoms with Crippen LogP contribution >= 0.6 is 0 Å². The summed E-state index contributed by atoms with van der Waals surface area (Å²) in [5.74, 6) is -0.394. The van der Waals surface area contributed by atoms with Crippen LogP contribution in [0.25, 0.3) is 0 Å². The van der Waals surface area contributed by atoms with Crippen LogP contribution in [0.3, 0.4) is 0 Å². The number of Topliss-reactive ketones (excluding diaryl/α,β-unsaturated/α-hetero) is 1. The lowest BCUT2D eigenvalue weighted by molar-refractivity contribution is -0.389. The number of hydrogen-bond donors (Lipinski definition) is 0. The fraction of sp³-hybridized carbons (Fsp3) is 0.231. The molecule has 0 spiro atoms. The van der Waals surface area contributed by atoms with E-state index in [0.29, 0.717) is 0 Å². The molecule has 2 rings (SSSR count). The van der Waals surface area contributed by atoms with Gasteiger partial charge in [0.15, 0.2) is 5.78 Å². The summed E-state index contributed by atoms with van der Waals surface area (Å²) < 4.78 is 1.48. The first-order chi connectivity index (χ1) is 8.96. The lowest BCUT2D eigenvalue weighted by Crippen LogP contribution is -2.37. The van der Waals surface area contributed by atoms with Crippen molar-refractivity contribution >= 4 is 11.6 Å². The number of nitrogens with zero attached hydrogens (tertiary/aromatic N) is 3. The van der Waals surface area contributed by atoms with Crippen molar-refractivity contribution in [2.75, 3.05) is 0 Å². The molecule has 1 aromatic heterocycles. The molecule has 0 amide bonds. The number of carbonyl (C=O) groups excluding carboxylic acids is 1. The Balaban J connectivity index is 2.56. The number of imidazole rings is 1. The largest absolute Gasteiger partial charge is 0.381 e. The molecule has 0 N–H and O–H groups in total. The summed E-state index contributed by atoms with van der Waals surface area (Å²) in [5.41, 5.74) is -0.238. The number of carbonyl (C=O) groups is 1. The van der Waals surface area contributed by atoms with E-state index < -0.39 is 10.5 Å². The Morgan fingerprint density at radius 2 is 2.00 bits per heavy atom. The third-order valence-corrected chi connectivity index (χ3v) is 3.29. The molecule has 0 radical (unpaired) electrons. The van der Waals surface area contributed by atoms with Crippen LogP contribution in [0.1, 0.15) is 19.4 Å². The van der Waals surface area contributed by atoms with E-state index in [1.165, 1.54) is 24.0 Å². The lowest BCUT2D eigenvalue weighted by atomic mass is 9.88. The topological polar surface area (TPSA) is 78.0 Å². The van der Waals surface area contributed by atoms with E-state index in [1.54, 1.807) is 6.92 Å². The second kappa shape index (κ2) is 4.64. The Labute approximate surface area is 109 Å². The molecular formula is C13H13N3O3. The van der Waals surface area contributed by atoms with E-state index in [0.717, 1.165) is 5.56 Å². The summed E-state index contributed by atoms with van der Waals surface area (Å²) in [4.78, 5) is 25.8. The highest BCUT2D eigenvalue weighted by atomic mass is 16.6. The van der Waals surface area contributed by atoms with Gasteiger partial charge in [-0.1, -0.05) is 30.3 Å². The molecule has 1 atom stereocenters. The summed E-state index contributed by atoms with van der Waals surface area (Å²) in [6, 6.07) is 9.12. The molecule has 0 aliphatic rings. The third kappa shape index (κ3) is 2.12. The number of ketones is 1. The van der Waals surface area contributed by atoms with Gasteiger partial charge in [-0.15, -0.1) is 0 Å². The van der Waals surface area contributed by atoms with Gasteiger partial charge in [0, 0.05) is 0 Å². The second-order valence-corrected chi connectivity index (χ2v) is 4.39. The maximum absolute atomic E-state index is 12.0. The molecule has 98 valence electrons. The van der Waals surface area contributed by atoms with Gasteiger partial charge in [0.1, 0.15) is 11.7 Å². The van der Waals surface area contributed by atoms with Crippen molar-refractivity contribution in [3.8, 4) is 0 Å². The van der Waals surface area contributed by atoms with Gasteiger partial charge in [-0.05, 0) is 29.3 Å². The molecule has 1 aromatic carbocycles. The molecule has 0 saturated heterocycles. The van der Waals surface area contributed by atoms with Gasteiger partial charge in [-0.25, -0.2) is 0 Å². The van der Waals surface area contributed by atoms with Gasteiger partial charge in [0.25, 0.3) is 0 Å². The molecule has 1 heterocycles. The van der Waals surface area contributed by atoms with Crippen molar-refractivity contribution in [1.29, 1.82) is 0 Å². The second-order valence-electron chi connectivity index (χ2n) is 4.39. The number of hydrogen-bond acceptors (Lipinski definition) is 4. The number of nitro groups is 1. The molecule has 0 bridgehead atoms. The summed E-state index contributed by atoms with van der Waals surface area (Å²) in [7, 11) is 0. The quantitative estimate of drug-likeness (QED) is 0.622. The van der Waals surface area contributed by atoms with Gasteiger partial charge in [-0.3, -0.25) is 9.36 Å². The zero-order valence-electron chi connectivity index (χ0n) is 10.6. The maximum Gasteiger partial charge on any atom is 0.381 e. The minimum absolute atomic E-state index is 0.119. The number of aromatic nitrogens is 2. The Kier molecular flexibility index (Phi) is 3.16. The van der Waals surface area contributed by atoms with Crippen LogP contribution < -0.4 is 0 Å². The Hall–Kier alpha value is -2.50. The predicted octanol–water partition coefficient (Wildman–Crippen LogP) is 2.14. The molecule has 2 aromatic rings. The molecular weight excluding hydrogens is 246 g/mol. The molecule has 0 aliphatic heterocycles. The fourth-order valence-electron chi connectivity index (χ4n) is 1.95. The van der Waals surface area contributed by atoms with Gasteiger partial charge in [0.2, 0.25) is 6.33 Å². The van der Waals surface area contributed by atoms with Crippen LogP contribution in [-0.4, -0.2) is 20.3 Å². The average molecular weight is 259 g/mol. The predicted molar refractivity (Wildman–Crippen MR) is 68.8 cm³/mol. The summed E-state index contributed by atoms with van der Waals surface area (Å²) >= 11 is 0. The van der Waals surface area contributed by atoms with Crippen molar-refractivity contribution in [2.45, 2.75) is 19.4 Å². The van der Waals surface area contributed by atoms with E-state index in [9.17, 15) is 14.9 Å². The van der Waals surface area contributed by atoms with E-state index in [2.05, 4.69) is 4.98 Å². The lowest BCUT2D eigenvalue weighted by Gasteiger charge is -2.27. The summed E-state index contributed by atoms with van der Waals surface area (Å²) in [6.45, 7) is 3.18. The fourth-order valence-corrected chi connectivity index (χ4v) is 1.95. The Morgan fingerprint density at radius 3 is 2.47 bits per heavy atom. The third-order valence-electron chi connectivity index (χ3n) is 3.29. The zero-order valence-corrected chi connectivity index (χ0v) is 10.6. The van der Waals surface area contributed by atoms with E-state index in [-0.39, 0.29) is 11.6 Å². The smallest absolute Gasteiger partial charge is 0.358 e. The Morgan fingerprint density at radius 1 is 1.37 bits per heavy atom. The summed E-state index contributed by atoms with van der Waals surface area (Å²) in [6.07, 6.45) is 2.58. The zero-order chi connectivity index (χ0) is 14.0. The maximum atomic E-state index is 12.0. The highest BCUT2D eigenvalue weighted by molar-refractivity contribution is 5.87. The first kappa shape index (κ1) is 12.9. The molecule has 6 nitrogen and oxygen atoms in total. The first-order valence-electron chi connectivity index (χ1n) is 5.71. The highest BCUT2D eigenvalue weighted by Crippen LogP contribution is 2.28. The van der Waals surface area contributed by atoms with Gasteiger partial charge in [-0.2, -0.15) is 0 Å². The van der Waals surface area contributed by atoms with Crippen LogP contribution in [0.2, 0.25) is 0 Å². The average Bonchev–Trinajstić information content (AvgIpc) is 2.88.